The highest BCUT2D eigenvalue weighted by Crippen LogP contribution is 2.19. The summed E-state index contributed by atoms with van der Waals surface area (Å²) in [7, 11) is 0. The van der Waals surface area contributed by atoms with E-state index < -0.39 is 4.92 Å². The molecule has 1 amide bonds. The van der Waals surface area contributed by atoms with Crippen molar-refractivity contribution in [2.75, 3.05) is 6.54 Å². The van der Waals surface area contributed by atoms with Gasteiger partial charge in [0.05, 0.1) is 11.3 Å². The fourth-order valence-corrected chi connectivity index (χ4v) is 1.78. The maximum atomic E-state index is 11.9. The van der Waals surface area contributed by atoms with Gasteiger partial charge in [0.25, 0.3) is 11.6 Å². The van der Waals surface area contributed by atoms with Gasteiger partial charge in [0.15, 0.2) is 0 Å². The van der Waals surface area contributed by atoms with Gasteiger partial charge in [-0.2, -0.15) is 0 Å². The summed E-state index contributed by atoms with van der Waals surface area (Å²) >= 11 is 0. The van der Waals surface area contributed by atoms with Crippen LogP contribution in [0.2, 0.25) is 0 Å². The second-order valence-electron chi connectivity index (χ2n) is 4.34. The number of H-pyrrole nitrogens is 1. The van der Waals surface area contributed by atoms with Gasteiger partial charge in [0, 0.05) is 42.0 Å². The number of hydrogen-bond acceptors (Lipinski definition) is 4. The van der Waals surface area contributed by atoms with E-state index in [1.165, 1.54) is 6.07 Å². The number of carbonyl (C=O) groups is 1. The number of imidazole rings is 1. The average Bonchev–Trinajstić information content (AvgIpc) is 2.92. The molecule has 1 heterocycles. The molecular weight excluding hydrogens is 260 g/mol. The third-order valence-electron chi connectivity index (χ3n) is 2.90. The zero-order chi connectivity index (χ0) is 14.5. The van der Waals surface area contributed by atoms with Crippen LogP contribution < -0.4 is 5.32 Å². The van der Waals surface area contributed by atoms with Crippen molar-refractivity contribution in [3.8, 4) is 0 Å². The summed E-state index contributed by atoms with van der Waals surface area (Å²) in [5, 5.41) is 13.5. The Bertz CT molecular complexity index is 623. The Morgan fingerprint density at radius 2 is 2.30 bits per heavy atom. The largest absolute Gasteiger partial charge is 0.352 e. The monoisotopic (exact) mass is 274 g/mol. The number of amides is 1. The summed E-state index contributed by atoms with van der Waals surface area (Å²) < 4.78 is 0. The minimum atomic E-state index is -0.489. The zero-order valence-electron chi connectivity index (χ0n) is 10.9. The predicted molar refractivity (Wildman–Crippen MR) is 72.5 cm³/mol. The second kappa shape index (κ2) is 5.96. The van der Waals surface area contributed by atoms with Crippen LogP contribution in [0.3, 0.4) is 0 Å². The average molecular weight is 274 g/mol. The van der Waals surface area contributed by atoms with Crippen molar-refractivity contribution < 1.29 is 9.72 Å². The van der Waals surface area contributed by atoms with Gasteiger partial charge in [0.2, 0.25) is 0 Å². The molecule has 0 fully saturated rings. The second-order valence-corrected chi connectivity index (χ2v) is 4.34. The lowest BCUT2D eigenvalue weighted by Crippen LogP contribution is -2.25. The molecule has 1 aromatic heterocycles. The first-order chi connectivity index (χ1) is 9.58. The summed E-state index contributed by atoms with van der Waals surface area (Å²) in [6, 6.07) is 4.44. The fraction of sp³-hybridized carbons (Fsp3) is 0.231. The lowest BCUT2D eigenvalue weighted by Gasteiger charge is -2.05. The van der Waals surface area contributed by atoms with E-state index in [1.807, 2.05) is 0 Å². The molecule has 0 aliphatic carbocycles. The quantitative estimate of drug-likeness (QED) is 0.638. The molecule has 2 aromatic rings. The molecule has 0 spiro atoms. The van der Waals surface area contributed by atoms with Crippen LogP contribution in [0.4, 0.5) is 5.69 Å². The molecule has 0 aliphatic rings. The summed E-state index contributed by atoms with van der Waals surface area (Å²) in [5.41, 5.74) is 1.68. The lowest BCUT2D eigenvalue weighted by atomic mass is 10.1. The van der Waals surface area contributed by atoms with Crippen LogP contribution in [-0.4, -0.2) is 27.3 Å². The maximum Gasteiger partial charge on any atom is 0.273 e. The van der Waals surface area contributed by atoms with Gasteiger partial charge in [-0.3, -0.25) is 14.9 Å². The van der Waals surface area contributed by atoms with Gasteiger partial charge < -0.3 is 10.3 Å². The molecule has 0 atom stereocenters. The van der Waals surface area contributed by atoms with Crippen LogP contribution in [0, 0.1) is 17.0 Å². The Morgan fingerprint density at radius 3 is 2.95 bits per heavy atom. The lowest BCUT2D eigenvalue weighted by molar-refractivity contribution is -0.385. The predicted octanol–water partition coefficient (Wildman–Crippen LogP) is 1.60. The number of aromatic amines is 1. The summed E-state index contributed by atoms with van der Waals surface area (Å²) in [4.78, 5) is 29.0. The van der Waals surface area contributed by atoms with Crippen LogP contribution in [-0.2, 0) is 6.42 Å². The van der Waals surface area contributed by atoms with Gasteiger partial charge in [-0.1, -0.05) is 6.07 Å². The molecule has 0 saturated heterocycles. The highest BCUT2D eigenvalue weighted by molar-refractivity contribution is 5.94. The smallest absolute Gasteiger partial charge is 0.273 e. The molecule has 2 N–H and O–H groups in total. The third-order valence-corrected chi connectivity index (χ3v) is 2.90. The maximum absolute atomic E-state index is 11.9. The molecule has 1 aromatic carbocycles. The molecule has 0 unspecified atom stereocenters. The normalized spacial score (nSPS) is 10.2. The highest BCUT2D eigenvalue weighted by atomic mass is 16.6. The minimum absolute atomic E-state index is 0.0498. The van der Waals surface area contributed by atoms with Crippen LogP contribution in [0.15, 0.2) is 30.7 Å². The van der Waals surface area contributed by atoms with Gasteiger partial charge in [0.1, 0.15) is 0 Å². The zero-order valence-corrected chi connectivity index (χ0v) is 10.9. The number of nitrogens with zero attached hydrogens (tertiary/aromatic N) is 2. The van der Waals surface area contributed by atoms with Crippen molar-refractivity contribution in [1.82, 2.24) is 15.3 Å². The van der Waals surface area contributed by atoms with E-state index in [9.17, 15) is 14.9 Å². The number of benzene rings is 1. The molecule has 2 rings (SSSR count). The number of carbonyl (C=O) groups excluding carboxylic acids is 1. The molecule has 0 radical (unpaired) electrons. The van der Waals surface area contributed by atoms with Crippen LogP contribution in [0.25, 0.3) is 0 Å². The molecule has 0 saturated carbocycles. The molecule has 0 aliphatic heterocycles. The third kappa shape index (κ3) is 3.19. The molecule has 104 valence electrons. The van der Waals surface area contributed by atoms with Crippen LogP contribution >= 0.6 is 0 Å². The van der Waals surface area contributed by atoms with E-state index in [1.54, 1.807) is 31.6 Å². The summed E-state index contributed by atoms with van der Waals surface area (Å²) in [6.07, 6.45) is 3.88. The number of nitro groups is 1. The van der Waals surface area contributed by atoms with Crippen molar-refractivity contribution >= 4 is 11.6 Å². The number of rotatable bonds is 5. The van der Waals surface area contributed by atoms with E-state index in [-0.39, 0.29) is 17.2 Å². The number of aromatic nitrogens is 2. The number of nitro benzene ring substituents is 1. The minimum Gasteiger partial charge on any atom is -0.352 e. The first-order valence-electron chi connectivity index (χ1n) is 6.08. The van der Waals surface area contributed by atoms with E-state index in [0.717, 1.165) is 5.69 Å². The Labute approximate surface area is 115 Å². The van der Waals surface area contributed by atoms with Crippen molar-refractivity contribution in [2.24, 2.45) is 0 Å². The van der Waals surface area contributed by atoms with Crippen molar-refractivity contribution in [3.63, 3.8) is 0 Å². The van der Waals surface area contributed by atoms with Crippen LogP contribution in [0.1, 0.15) is 21.6 Å². The van der Waals surface area contributed by atoms with E-state index in [2.05, 4.69) is 15.3 Å². The van der Waals surface area contributed by atoms with Crippen molar-refractivity contribution in [3.05, 3.63) is 57.7 Å². The number of nitrogens with one attached hydrogen (secondary N) is 2. The molecule has 0 bridgehead atoms. The van der Waals surface area contributed by atoms with E-state index >= 15 is 0 Å². The first-order valence-corrected chi connectivity index (χ1v) is 6.08. The molecule has 7 nitrogen and oxygen atoms in total. The van der Waals surface area contributed by atoms with Gasteiger partial charge in [-0.15, -0.1) is 0 Å². The van der Waals surface area contributed by atoms with Crippen LogP contribution in [0.5, 0.6) is 0 Å². The molecule has 7 heteroatoms. The Balaban J connectivity index is 1.98. The molecule has 20 heavy (non-hydrogen) atoms. The van der Waals surface area contributed by atoms with E-state index in [0.29, 0.717) is 18.5 Å². The van der Waals surface area contributed by atoms with Crippen molar-refractivity contribution in [1.29, 1.82) is 0 Å². The number of aryl methyl sites for hydroxylation is 1. The standard InChI is InChI=1S/C13H14N4O3/c1-9-2-3-10(6-12(9)17(19)20)13(18)15-5-4-11-7-14-8-16-11/h2-3,6-8H,4-5H2,1H3,(H,14,16)(H,15,18). The summed E-state index contributed by atoms with van der Waals surface area (Å²) in [6.45, 7) is 2.07. The number of hydrogen-bond donors (Lipinski definition) is 2. The van der Waals surface area contributed by atoms with Gasteiger partial charge in [-0.25, -0.2) is 4.98 Å². The first kappa shape index (κ1) is 13.7. The fourth-order valence-electron chi connectivity index (χ4n) is 1.78. The Morgan fingerprint density at radius 1 is 1.50 bits per heavy atom. The molecular formula is C13H14N4O3. The Kier molecular flexibility index (Phi) is 4.09. The topological polar surface area (TPSA) is 101 Å². The van der Waals surface area contributed by atoms with Gasteiger partial charge in [-0.05, 0) is 13.0 Å². The summed E-state index contributed by atoms with van der Waals surface area (Å²) in [5.74, 6) is -0.326. The van der Waals surface area contributed by atoms with Crippen molar-refractivity contribution in [2.45, 2.75) is 13.3 Å². The SMILES string of the molecule is Cc1ccc(C(=O)NCCc2cnc[nH]2)cc1[N+](=O)[O-]. The van der Waals surface area contributed by atoms with Gasteiger partial charge >= 0.3 is 0 Å². The highest BCUT2D eigenvalue weighted by Gasteiger charge is 2.14. The van der Waals surface area contributed by atoms with E-state index in [4.69, 9.17) is 0 Å². The Hall–Kier alpha value is -2.70.